The van der Waals surface area contributed by atoms with Gasteiger partial charge in [-0.1, -0.05) is 30.1 Å². The minimum Gasteiger partial charge on any atom is -0.479 e. The highest BCUT2D eigenvalue weighted by molar-refractivity contribution is 6.35. The molecule has 1 aromatic rings. The van der Waals surface area contributed by atoms with Crippen molar-refractivity contribution in [2.24, 2.45) is 5.92 Å². The third-order valence-electron chi connectivity index (χ3n) is 4.15. The highest BCUT2D eigenvalue weighted by Crippen LogP contribution is 2.28. The van der Waals surface area contributed by atoms with Crippen molar-refractivity contribution < 1.29 is 9.53 Å². The van der Waals surface area contributed by atoms with Gasteiger partial charge in [-0.3, -0.25) is 4.79 Å². The molecule has 1 aliphatic heterocycles. The zero-order valence-electron chi connectivity index (χ0n) is 14.1. The van der Waals surface area contributed by atoms with E-state index in [0.29, 0.717) is 21.7 Å². The Bertz CT molecular complexity index is 535. The van der Waals surface area contributed by atoms with Crippen molar-refractivity contribution in [3.05, 3.63) is 28.2 Å². The second-order valence-corrected chi connectivity index (χ2v) is 6.75. The number of amides is 1. The summed E-state index contributed by atoms with van der Waals surface area (Å²) in [6, 6.07) is 5.01. The SMILES string of the molecule is CCNCC1CCN(C(=O)C(C)Oc2ccc(Cl)cc2Cl)CC1.Cl. The van der Waals surface area contributed by atoms with Crippen LogP contribution >= 0.6 is 35.6 Å². The Morgan fingerprint density at radius 2 is 2.04 bits per heavy atom. The lowest BCUT2D eigenvalue weighted by atomic mass is 9.96. The van der Waals surface area contributed by atoms with Gasteiger partial charge in [0.1, 0.15) is 5.75 Å². The molecule has 0 radical (unpaired) electrons. The van der Waals surface area contributed by atoms with E-state index >= 15 is 0 Å². The molecule has 4 nitrogen and oxygen atoms in total. The predicted octanol–water partition coefficient (Wildman–Crippen LogP) is 4.03. The van der Waals surface area contributed by atoms with Crippen LogP contribution in [-0.4, -0.2) is 43.1 Å². The monoisotopic (exact) mass is 394 g/mol. The van der Waals surface area contributed by atoms with Gasteiger partial charge in [-0.25, -0.2) is 0 Å². The number of hydrogen-bond acceptors (Lipinski definition) is 3. The van der Waals surface area contributed by atoms with Gasteiger partial charge in [-0.2, -0.15) is 0 Å². The van der Waals surface area contributed by atoms with Gasteiger partial charge >= 0.3 is 0 Å². The Morgan fingerprint density at radius 1 is 1.38 bits per heavy atom. The molecule has 1 aliphatic rings. The molecule has 1 heterocycles. The number of nitrogens with one attached hydrogen (secondary N) is 1. The number of nitrogens with zero attached hydrogens (tertiary/aromatic N) is 1. The number of halogens is 3. The molecule has 0 bridgehead atoms. The van der Waals surface area contributed by atoms with Crippen LogP contribution < -0.4 is 10.1 Å². The van der Waals surface area contributed by atoms with Crippen LogP contribution in [0.2, 0.25) is 10.0 Å². The molecule has 1 aromatic carbocycles. The molecule has 7 heteroatoms. The van der Waals surface area contributed by atoms with E-state index in [1.54, 1.807) is 25.1 Å². The molecule has 0 spiro atoms. The maximum absolute atomic E-state index is 12.5. The summed E-state index contributed by atoms with van der Waals surface area (Å²) in [6.45, 7) is 7.47. The minimum atomic E-state index is -0.556. The van der Waals surface area contributed by atoms with E-state index in [1.165, 1.54) is 0 Å². The van der Waals surface area contributed by atoms with E-state index < -0.39 is 6.10 Å². The lowest BCUT2D eigenvalue weighted by Crippen LogP contribution is -2.45. The molecule has 136 valence electrons. The van der Waals surface area contributed by atoms with Crippen molar-refractivity contribution >= 4 is 41.5 Å². The second kappa shape index (κ2) is 10.3. The number of ether oxygens (including phenoxy) is 1. The summed E-state index contributed by atoms with van der Waals surface area (Å²) in [6.07, 6.45) is 1.51. The number of likely N-dealkylation sites (tertiary alicyclic amines) is 1. The molecule has 1 amide bonds. The van der Waals surface area contributed by atoms with Crippen LogP contribution in [0.25, 0.3) is 0 Å². The zero-order valence-corrected chi connectivity index (χ0v) is 16.4. The molecule has 1 atom stereocenters. The average molecular weight is 396 g/mol. The molecule has 1 unspecified atom stereocenters. The van der Waals surface area contributed by atoms with Gasteiger partial charge in [0, 0.05) is 18.1 Å². The Kier molecular flexibility index (Phi) is 9.21. The van der Waals surface area contributed by atoms with Crippen LogP contribution in [0.4, 0.5) is 0 Å². The van der Waals surface area contributed by atoms with Gasteiger partial charge < -0.3 is 15.0 Å². The summed E-state index contributed by atoms with van der Waals surface area (Å²) in [5.74, 6) is 1.15. The third kappa shape index (κ3) is 5.99. The Morgan fingerprint density at radius 3 is 2.62 bits per heavy atom. The van der Waals surface area contributed by atoms with E-state index in [2.05, 4.69) is 12.2 Å². The number of hydrogen-bond donors (Lipinski definition) is 1. The summed E-state index contributed by atoms with van der Waals surface area (Å²) in [5.41, 5.74) is 0. The van der Waals surface area contributed by atoms with Gasteiger partial charge in [0.15, 0.2) is 6.10 Å². The smallest absolute Gasteiger partial charge is 0.263 e. The molecule has 0 saturated carbocycles. The lowest BCUT2D eigenvalue weighted by Gasteiger charge is -2.33. The van der Waals surface area contributed by atoms with E-state index in [4.69, 9.17) is 27.9 Å². The van der Waals surface area contributed by atoms with Crippen molar-refractivity contribution in [2.45, 2.75) is 32.8 Å². The van der Waals surface area contributed by atoms with Crippen molar-refractivity contribution in [3.8, 4) is 5.75 Å². The molecular weight excluding hydrogens is 371 g/mol. The summed E-state index contributed by atoms with van der Waals surface area (Å²) >= 11 is 12.0. The summed E-state index contributed by atoms with van der Waals surface area (Å²) < 4.78 is 5.71. The lowest BCUT2D eigenvalue weighted by molar-refractivity contribution is -0.139. The van der Waals surface area contributed by atoms with Crippen LogP contribution in [0.5, 0.6) is 5.75 Å². The molecular formula is C17H25Cl3N2O2. The van der Waals surface area contributed by atoms with Crippen LogP contribution in [0, 0.1) is 5.92 Å². The van der Waals surface area contributed by atoms with Crippen LogP contribution in [-0.2, 0) is 4.79 Å². The van der Waals surface area contributed by atoms with Gasteiger partial charge in [-0.15, -0.1) is 12.4 Å². The first-order valence-electron chi connectivity index (χ1n) is 8.12. The first kappa shape index (κ1) is 21.4. The topological polar surface area (TPSA) is 41.6 Å². The van der Waals surface area contributed by atoms with E-state index in [0.717, 1.165) is 39.0 Å². The Hall–Kier alpha value is -0.680. The highest BCUT2D eigenvalue weighted by Gasteiger charge is 2.27. The van der Waals surface area contributed by atoms with Gasteiger partial charge in [0.05, 0.1) is 5.02 Å². The van der Waals surface area contributed by atoms with Crippen molar-refractivity contribution in [3.63, 3.8) is 0 Å². The van der Waals surface area contributed by atoms with Crippen LogP contribution in [0.3, 0.4) is 0 Å². The summed E-state index contributed by atoms with van der Waals surface area (Å²) in [5, 5.41) is 4.34. The van der Waals surface area contributed by atoms with E-state index in [-0.39, 0.29) is 18.3 Å². The molecule has 0 aromatic heterocycles. The number of carbonyl (C=O) groups is 1. The maximum atomic E-state index is 12.5. The Labute approximate surface area is 160 Å². The molecule has 1 saturated heterocycles. The number of benzene rings is 1. The normalized spacial score (nSPS) is 16.4. The van der Waals surface area contributed by atoms with Crippen molar-refractivity contribution in [1.29, 1.82) is 0 Å². The summed E-state index contributed by atoms with van der Waals surface area (Å²) in [7, 11) is 0. The fourth-order valence-corrected chi connectivity index (χ4v) is 3.23. The maximum Gasteiger partial charge on any atom is 0.263 e. The highest BCUT2D eigenvalue weighted by atomic mass is 35.5. The second-order valence-electron chi connectivity index (χ2n) is 5.91. The van der Waals surface area contributed by atoms with E-state index in [9.17, 15) is 4.79 Å². The largest absolute Gasteiger partial charge is 0.479 e. The third-order valence-corrected chi connectivity index (χ3v) is 4.69. The quantitative estimate of drug-likeness (QED) is 0.790. The molecule has 24 heavy (non-hydrogen) atoms. The Balaban J connectivity index is 0.00000288. The standard InChI is InChI=1S/C17H24Cl2N2O2.ClH/c1-3-20-11-13-6-8-21(9-7-13)17(22)12(2)23-16-5-4-14(18)10-15(16)19;/h4-5,10,12-13,20H,3,6-9,11H2,1-2H3;1H. The van der Waals surface area contributed by atoms with Gasteiger partial charge in [0.25, 0.3) is 5.91 Å². The summed E-state index contributed by atoms with van der Waals surface area (Å²) in [4.78, 5) is 14.4. The number of rotatable bonds is 6. The van der Waals surface area contributed by atoms with Crippen molar-refractivity contribution in [1.82, 2.24) is 10.2 Å². The van der Waals surface area contributed by atoms with Crippen LogP contribution in [0.1, 0.15) is 26.7 Å². The van der Waals surface area contributed by atoms with Gasteiger partial charge in [0.2, 0.25) is 0 Å². The molecule has 2 rings (SSSR count). The fraction of sp³-hybridized carbons (Fsp3) is 0.588. The van der Waals surface area contributed by atoms with Crippen molar-refractivity contribution in [2.75, 3.05) is 26.2 Å². The number of carbonyl (C=O) groups excluding carboxylic acids is 1. The minimum absolute atomic E-state index is 0. The first-order chi connectivity index (χ1) is 11.0. The average Bonchev–Trinajstić information content (AvgIpc) is 2.55. The van der Waals surface area contributed by atoms with Gasteiger partial charge in [-0.05, 0) is 57.0 Å². The fourth-order valence-electron chi connectivity index (χ4n) is 2.77. The molecule has 1 fully saturated rings. The molecule has 0 aliphatic carbocycles. The first-order valence-corrected chi connectivity index (χ1v) is 8.88. The van der Waals surface area contributed by atoms with E-state index in [1.807, 2.05) is 4.90 Å². The zero-order chi connectivity index (χ0) is 16.8. The molecule has 1 N–H and O–H groups in total. The van der Waals surface area contributed by atoms with Crippen LogP contribution in [0.15, 0.2) is 18.2 Å². The predicted molar refractivity (Wildman–Crippen MR) is 102 cm³/mol. The number of piperidine rings is 1.